The Morgan fingerprint density at radius 2 is 2.00 bits per heavy atom. The van der Waals surface area contributed by atoms with Crippen LogP contribution in [0.5, 0.6) is 0 Å². The Balaban J connectivity index is 2.25. The number of piperazine rings is 1. The molecule has 0 aromatic carbocycles. The van der Waals surface area contributed by atoms with Crippen LogP contribution >= 0.6 is 0 Å². The van der Waals surface area contributed by atoms with Crippen molar-refractivity contribution in [3.05, 3.63) is 15.9 Å². The standard InChI is InChI=1S/C11H19N5O/c1-3-8-9(12)13-11(14-10(8)17)16-6-4-15(2)5-7-16/h3-7H2,1-2H3,(H3,12,13,14,17). The summed E-state index contributed by atoms with van der Waals surface area (Å²) in [5.41, 5.74) is 6.25. The number of H-pyrrole nitrogens is 1. The van der Waals surface area contributed by atoms with Crippen LogP contribution in [-0.4, -0.2) is 48.1 Å². The highest BCUT2D eigenvalue weighted by Gasteiger charge is 2.17. The number of hydrogen-bond donors (Lipinski definition) is 2. The first-order chi connectivity index (χ1) is 8.11. The number of nitrogen functional groups attached to an aromatic ring is 1. The number of nitrogens with two attached hydrogens (primary N) is 1. The lowest BCUT2D eigenvalue weighted by molar-refractivity contribution is 0.311. The van der Waals surface area contributed by atoms with Crippen LogP contribution in [-0.2, 0) is 6.42 Å². The molecule has 1 aromatic rings. The van der Waals surface area contributed by atoms with Crippen molar-refractivity contribution in [1.29, 1.82) is 0 Å². The summed E-state index contributed by atoms with van der Waals surface area (Å²) in [5, 5.41) is 0. The molecule has 3 N–H and O–H groups in total. The van der Waals surface area contributed by atoms with Crippen molar-refractivity contribution >= 4 is 11.8 Å². The lowest BCUT2D eigenvalue weighted by atomic mass is 10.2. The van der Waals surface area contributed by atoms with Gasteiger partial charge in [0, 0.05) is 26.2 Å². The molecule has 0 bridgehead atoms. The number of nitrogens with zero attached hydrogens (tertiary/aromatic N) is 3. The van der Waals surface area contributed by atoms with E-state index in [4.69, 9.17) is 5.73 Å². The zero-order chi connectivity index (χ0) is 12.4. The summed E-state index contributed by atoms with van der Waals surface area (Å²) in [7, 11) is 2.09. The Labute approximate surface area is 100 Å². The summed E-state index contributed by atoms with van der Waals surface area (Å²) >= 11 is 0. The first-order valence-electron chi connectivity index (χ1n) is 5.94. The van der Waals surface area contributed by atoms with E-state index in [1.165, 1.54) is 0 Å². The smallest absolute Gasteiger partial charge is 0.257 e. The van der Waals surface area contributed by atoms with Crippen LogP contribution in [0.3, 0.4) is 0 Å². The highest BCUT2D eigenvalue weighted by Crippen LogP contribution is 2.12. The molecule has 1 saturated heterocycles. The van der Waals surface area contributed by atoms with Crippen LogP contribution in [0.25, 0.3) is 0 Å². The van der Waals surface area contributed by atoms with Crippen molar-refractivity contribution < 1.29 is 0 Å². The van der Waals surface area contributed by atoms with E-state index in [1.54, 1.807) is 0 Å². The molecule has 0 spiro atoms. The van der Waals surface area contributed by atoms with Crippen molar-refractivity contribution in [2.75, 3.05) is 43.9 Å². The first kappa shape index (κ1) is 11.9. The average molecular weight is 237 g/mol. The Morgan fingerprint density at radius 3 is 2.53 bits per heavy atom. The second kappa shape index (κ2) is 4.75. The Hall–Kier alpha value is -1.56. The first-order valence-corrected chi connectivity index (χ1v) is 5.94. The molecule has 2 rings (SSSR count). The molecule has 0 saturated carbocycles. The number of aromatic amines is 1. The van der Waals surface area contributed by atoms with Crippen molar-refractivity contribution in [2.24, 2.45) is 0 Å². The minimum atomic E-state index is -0.117. The molecule has 0 aliphatic carbocycles. The SMILES string of the molecule is CCc1c(N)nc(N2CCN(C)CC2)[nH]c1=O. The summed E-state index contributed by atoms with van der Waals surface area (Å²) in [6.45, 7) is 5.57. The second-order valence-electron chi connectivity index (χ2n) is 4.40. The van der Waals surface area contributed by atoms with Gasteiger partial charge in [0.05, 0.1) is 5.56 Å². The highest BCUT2D eigenvalue weighted by molar-refractivity contribution is 5.44. The molecular formula is C11H19N5O. The maximum absolute atomic E-state index is 11.8. The third kappa shape index (κ3) is 2.41. The van der Waals surface area contributed by atoms with Gasteiger partial charge in [-0.15, -0.1) is 0 Å². The Kier molecular flexibility index (Phi) is 3.33. The van der Waals surface area contributed by atoms with Crippen LogP contribution < -0.4 is 16.2 Å². The molecule has 0 atom stereocenters. The van der Waals surface area contributed by atoms with E-state index < -0.39 is 0 Å². The van der Waals surface area contributed by atoms with Crippen LogP contribution in [0.15, 0.2) is 4.79 Å². The average Bonchev–Trinajstić information content (AvgIpc) is 2.29. The van der Waals surface area contributed by atoms with Gasteiger partial charge in [-0.1, -0.05) is 6.92 Å². The minimum absolute atomic E-state index is 0.117. The third-order valence-corrected chi connectivity index (χ3v) is 3.19. The number of anilines is 2. The van der Waals surface area contributed by atoms with E-state index in [0.29, 0.717) is 23.8 Å². The zero-order valence-corrected chi connectivity index (χ0v) is 10.4. The predicted octanol–water partition coefficient (Wildman–Crippen LogP) is -0.334. The number of likely N-dealkylation sites (N-methyl/N-ethyl adjacent to an activating group) is 1. The zero-order valence-electron chi connectivity index (χ0n) is 10.4. The van der Waals surface area contributed by atoms with E-state index in [9.17, 15) is 4.79 Å². The predicted molar refractivity (Wildman–Crippen MR) is 68.4 cm³/mol. The van der Waals surface area contributed by atoms with E-state index in [0.717, 1.165) is 26.2 Å². The van der Waals surface area contributed by atoms with Crippen molar-refractivity contribution in [3.63, 3.8) is 0 Å². The van der Waals surface area contributed by atoms with Gasteiger partial charge in [-0.25, -0.2) is 0 Å². The fourth-order valence-corrected chi connectivity index (χ4v) is 2.01. The highest BCUT2D eigenvalue weighted by atomic mass is 16.1. The molecule has 1 aliphatic rings. The van der Waals surface area contributed by atoms with Gasteiger partial charge < -0.3 is 15.5 Å². The topological polar surface area (TPSA) is 78.2 Å². The lowest BCUT2D eigenvalue weighted by Gasteiger charge is -2.32. The molecular weight excluding hydrogens is 218 g/mol. The van der Waals surface area contributed by atoms with Gasteiger partial charge in [-0.05, 0) is 13.5 Å². The summed E-state index contributed by atoms with van der Waals surface area (Å²) in [6.07, 6.45) is 0.608. The molecule has 17 heavy (non-hydrogen) atoms. The van der Waals surface area contributed by atoms with Crippen molar-refractivity contribution in [1.82, 2.24) is 14.9 Å². The van der Waals surface area contributed by atoms with E-state index in [1.807, 2.05) is 6.92 Å². The lowest BCUT2D eigenvalue weighted by Crippen LogP contribution is -2.45. The van der Waals surface area contributed by atoms with Crippen molar-refractivity contribution in [3.8, 4) is 0 Å². The van der Waals surface area contributed by atoms with Crippen molar-refractivity contribution in [2.45, 2.75) is 13.3 Å². The molecule has 94 valence electrons. The second-order valence-corrected chi connectivity index (χ2v) is 4.40. The summed E-state index contributed by atoms with van der Waals surface area (Å²) in [6, 6.07) is 0. The molecule has 2 heterocycles. The molecule has 0 unspecified atom stereocenters. The number of aromatic nitrogens is 2. The van der Waals surface area contributed by atoms with Gasteiger partial charge in [0.2, 0.25) is 5.95 Å². The van der Waals surface area contributed by atoms with E-state index >= 15 is 0 Å². The summed E-state index contributed by atoms with van der Waals surface area (Å²) < 4.78 is 0. The molecule has 6 heteroatoms. The van der Waals surface area contributed by atoms with E-state index in [-0.39, 0.29) is 5.56 Å². The molecule has 1 aliphatic heterocycles. The molecule has 0 amide bonds. The number of nitrogens with one attached hydrogen (secondary N) is 1. The summed E-state index contributed by atoms with van der Waals surface area (Å²) in [5.74, 6) is 0.947. The quantitative estimate of drug-likeness (QED) is 0.736. The fraction of sp³-hybridized carbons (Fsp3) is 0.636. The molecule has 1 aromatic heterocycles. The van der Waals surface area contributed by atoms with Gasteiger partial charge in [-0.2, -0.15) is 4.98 Å². The normalized spacial score (nSPS) is 17.4. The van der Waals surface area contributed by atoms with Gasteiger partial charge in [-0.3, -0.25) is 9.78 Å². The van der Waals surface area contributed by atoms with Gasteiger partial charge in [0.1, 0.15) is 5.82 Å². The van der Waals surface area contributed by atoms with Gasteiger partial charge >= 0.3 is 0 Å². The van der Waals surface area contributed by atoms with Gasteiger partial charge in [0.15, 0.2) is 0 Å². The van der Waals surface area contributed by atoms with Crippen LogP contribution in [0.1, 0.15) is 12.5 Å². The Morgan fingerprint density at radius 1 is 1.35 bits per heavy atom. The summed E-state index contributed by atoms with van der Waals surface area (Å²) in [4.78, 5) is 23.2. The maximum atomic E-state index is 11.8. The minimum Gasteiger partial charge on any atom is -0.383 e. The molecule has 1 fully saturated rings. The maximum Gasteiger partial charge on any atom is 0.257 e. The fourth-order valence-electron chi connectivity index (χ4n) is 2.01. The van der Waals surface area contributed by atoms with Crippen LogP contribution in [0, 0.1) is 0 Å². The number of rotatable bonds is 2. The van der Waals surface area contributed by atoms with Crippen LogP contribution in [0.4, 0.5) is 11.8 Å². The van der Waals surface area contributed by atoms with E-state index in [2.05, 4.69) is 26.8 Å². The molecule has 6 nitrogen and oxygen atoms in total. The molecule has 0 radical (unpaired) electrons. The van der Waals surface area contributed by atoms with Crippen LogP contribution in [0.2, 0.25) is 0 Å². The largest absolute Gasteiger partial charge is 0.383 e. The van der Waals surface area contributed by atoms with Gasteiger partial charge in [0.25, 0.3) is 5.56 Å². The third-order valence-electron chi connectivity index (χ3n) is 3.19. The number of hydrogen-bond acceptors (Lipinski definition) is 5. The Bertz CT molecular complexity index is 448. The monoisotopic (exact) mass is 237 g/mol.